The van der Waals surface area contributed by atoms with Crippen LogP contribution in [-0.4, -0.2) is 13.2 Å². The van der Waals surface area contributed by atoms with Gasteiger partial charge in [0.2, 0.25) is 0 Å². The second-order valence-corrected chi connectivity index (χ2v) is 3.92. The Morgan fingerprint density at radius 1 is 1.56 bits per heavy atom. The van der Waals surface area contributed by atoms with Crippen molar-refractivity contribution >= 4 is 0 Å². The molecule has 2 nitrogen and oxygen atoms in total. The summed E-state index contributed by atoms with van der Waals surface area (Å²) in [6.07, 6.45) is 3.75. The van der Waals surface area contributed by atoms with Crippen molar-refractivity contribution in [3.8, 4) is 5.75 Å². The summed E-state index contributed by atoms with van der Waals surface area (Å²) in [5.74, 6) is 0.579. The normalized spacial score (nSPS) is 19.4. The number of hydrogen-bond donors (Lipinski definition) is 1. The van der Waals surface area contributed by atoms with Gasteiger partial charge < -0.3 is 10.1 Å². The van der Waals surface area contributed by atoms with Crippen LogP contribution in [0.5, 0.6) is 5.75 Å². The Morgan fingerprint density at radius 3 is 3.25 bits per heavy atom. The number of halogens is 1. The summed E-state index contributed by atoms with van der Waals surface area (Å²) in [5.41, 5.74) is 0.916. The highest BCUT2D eigenvalue weighted by Crippen LogP contribution is 2.31. The fourth-order valence-corrected chi connectivity index (χ4v) is 1.99. The van der Waals surface area contributed by atoms with Crippen molar-refractivity contribution in [1.82, 2.24) is 5.32 Å². The average Bonchev–Trinajstić information content (AvgIpc) is 2.48. The largest absolute Gasteiger partial charge is 0.493 e. The average molecular weight is 221 g/mol. The number of fused-ring (bicyclic) bond motifs is 1. The molecule has 86 valence electrons. The Hall–Kier alpha value is -1.35. The van der Waals surface area contributed by atoms with Crippen LogP contribution in [0.15, 0.2) is 30.9 Å². The minimum absolute atomic E-state index is 0.159. The van der Waals surface area contributed by atoms with Crippen molar-refractivity contribution in [2.75, 3.05) is 13.2 Å². The highest BCUT2D eigenvalue weighted by atomic mass is 19.1. The highest BCUT2D eigenvalue weighted by Gasteiger charge is 2.19. The summed E-state index contributed by atoms with van der Waals surface area (Å²) in [5, 5.41) is 3.33. The molecule has 1 atom stereocenters. The molecule has 2 rings (SSSR count). The summed E-state index contributed by atoms with van der Waals surface area (Å²) < 4.78 is 18.8. The van der Waals surface area contributed by atoms with Crippen molar-refractivity contribution in [3.05, 3.63) is 42.2 Å². The van der Waals surface area contributed by atoms with Crippen LogP contribution in [0.2, 0.25) is 0 Å². The van der Waals surface area contributed by atoms with Crippen molar-refractivity contribution < 1.29 is 9.13 Å². The van der Waals surface area contributed by atoms with E-state index < -0.39 is 0 Å². The predicted molar refractivity (Wildman–Crippen MR) is 62.1 cm³/mol. The first kappa shape index (κ1) is 11.1. The second-order valence-electron chi connectivity index (χ2n) is 3.92. The molecule has 16 heavy (non-hydrogen) atoms. The van der Waals surface area contributed by atoms with Crippen LogP contribution < -0.4 is 10.1 Å². The van der Waals surface area contributed by atoms with Crippen molar-refractivity contribution in [2.45, 2.75) is 18.9 Å². The van der Waals surface area contributed by atoms with E-state index in [1.54, 1.807) is 12.1 Å². The lowest BCUT2D eigenvalue weighted by Gasteiger charge is -2.17. The fraction of sp³-hybridized carbons (Fsp3) is 0.385. The van der Waals surface area contributed by atoms with Gasteiger partial charge in [0.05, 0.1) is 6.61 Å². The maximum atomic E-state index is 13.2. The molecule has 0 radical (unpaired) electrons. The molecule has 0 amide bonds. The van der Waals surface area contributed by atoms with Gasteiger partial charge in [-0.1, -0.05) is 6.08 Å². The number of ether oxygens (including phenoxy) is 1. The minimum atomic E-state index is -0.213. The SMILES string of the molecule is C=CCN[C@H]1CCCOc2ccc(F)cc21. The van der Waals surface area contributed by atoms with Crippen molar-refractivity contribution in [2.24, 2.45) is 0 Å². The zero-order valence-electron chi connectivity index (χ0n) is 9.21. The third-order valence-corrected chi connectivity index (χ3v) is 2.75. The van der Waals surface area contributed by atoms with Crippen LogP contribution in [0.4, 0.5) is 4.39 Å². The molecule has 1 aromatic carbocycles. The summed E-state index contributed by atoms with van der Waals surface area (Å²) in [6, 6.07) is 4.86. The van der Waals surface area contributed by atoms with E-state index in [2.05, 4.69) is 11.9 Å². The monoisotopic (exact) mass is 221 g/mol. The molecule has 0 aromatic heterocycles. The lowest BCUT2D eigenvalue weighted by atomic mass is 10.0. The lowest BCUT2D eigenvalue weighted by Crippen LogP contribution is -2.21. The predicted octanol–water partition coefficient (Wildman–Crippen LogP) is 2.82. The lowest BCUT2D eigenvalue weighted by molar-refractivity contribution is 0.315. The van der Waals surface area contributed by atoms with E-state index in [-0.39, 0.29) is 11.9 Å². The van der Waals surface area contributed by atoms with Crippen LogP contribution in [0, 0.1) is 5.82 Å². The zero-order valence-corrected chi connectivity index (χ0v) is 9.21. The van der Waals surface area contributed by atoms with Crippen LogP contribution in [0.3, 0.4) is 0 Å². The molecular weight excluding hydrogens is 205 g/mol. The molecule has 1 aliphatic heterocycles. The van der Waals surface area contributed by atoms with Crippen LogP contribution in [0.1, 0.15) is 24.4 Å². The third-order valence-electron chi connectivity index (χ3n) is 2.75. The quantitative estimate of drug-likeness (QED) is 0.792. The Kier molecular flexibility index (Phi) is 3.57. The Morgan fingerprint density at radius 2 is 2.44 bits per heavy atom. The molecule has 0 aliphatic carbocycles. The van der Waals surface area contributed by atoms with Gasteiger partial charge in [0.25, 0.3) is 0 Å². The van der Waals surface area contributed by atoms with Crippen molar-refractivity contribution in [1.29, 1.82) is 0 Å². The number of nitrogens with one attached hydrogen (secondary N) is 1. The highest BCUT2D eigenvalue weighted by molar-refractivity contribution is 5.37. The summed E-state index contributed by atoms with van der Waals surface area (Å²) in [4.78, 5) is 0. The molecule has 0 bridgehead atoms. The number of benzene rings is 1. The van der Waals surface area contributed by atoms with E-state index in [4.69, 9.17) is 4.74 Å². The van der Waals surface area contributed by atoms with Gasteiger partial charge in [-0.2, -0.15) is 0 Å². The Balaban J connectivity index is 2.27. The molecule has 1 aromatic rings. The van der Waals surface area contributed by atoms with E-state index in [0.29, 0.717) is 6.61 Å². The van der Waals surface area contributed by atoms with Gasteiger partial charge in [-0.15, -0.1) is 6.58 Å². The van der Waals surface area contributed by atoms with Gasteiger partial charge in [-0.05, 0) is 31.0 Å². The first-order chi connectivity index (χ1) is 7.81. The third kappa shape index (κ3) is 2.42. The molecule has 1 N–H and O–H groups in total. The molecule has 1 heterocycles. The summed E-state index contributed by atoms with van der Waals surface area (Å²) in [6.45, 7) is 5.10. The maximum absolute atomic E-state index is 13.2. The van der Waals surface area contributed by atoms with Crippen LogP contribution in [-0.2, 0) is 0 Å². The van der Waals surface area contributed by atoms with Crippen LogP contribution in [0.25, 0.3) is 0 Å². The number of hydrogen-bond acceptors (Lipinski definition) is 2. The second kappa shape index (κ2) is 5.12. The van der Waals surface area contributed by atoms with Gasteiger partial charge in [-0.25, -0.2) is 4.39 Å². The Labute approximate surface area is 95.1 Å². The molecule has 0 unspecified atom stereocenters. The molecule has 1 aliphatic rings. The van der Waals surface area contributed by atoms with Gasteiger partial charge >= 0.3 is 0 Å². The van der Waals surface area contributed by atoms with Gasteiger partial charge in [0.1, 0.15) is 11.6 Å². The summed E-state index contributed by atoms with van der Waals surface area (Å²) >= 11 is 0. The molecule has 0 fully saturated rings. The number of rotatable bonds is 3. The minimum Gasteiger partial charge on any atom is -0.493 e. The maximum Gasteiger partial charge on any atom is 0.124 e. The topological polar surface area (TPSA) is 21.3 Å². The van der Waals surface area contributed by atoms with Gasteiger partial charge in [-0.3, -0.25) is 0 Å². The van der Waals surface area contributed by atoms with E-state index in [1.807, 2.05) is 6.08 Å². The van der Waals surface area contributed by atoms with E-state index in [1.165, 1.54) is 6.07 Å². The van der Waals surface area contributed by atoms with Crippen molar-refractivity contribution in [3.63, 3.8) is 0 Å². The fourth-order valence-electron chi connectivity index (χ4n) is 1.99. The Bertz CT molecular complexity index is 378. The summed E-state index contributed by atoms with van der Waals surface area (Å²) in [7, 11) is 0. The van der Waals surface area contributed by atoms with E-state index >= 15 is 0 Å². The molecule has 0 saturated heterocycles. The van der Waals surface area contributed by atoms with Gasteiger partial charge in [0.15, 0.2) is 0 Å². The van der Waals surface area contributed by atoms with Crippen LogP contribution >= 0.6 is 0 Å². The molecule has 3 heteroatoms. The molecule has 0 saturated carbocycles. The molecular formula is C13H16FNO. The van der Waals surface area contributed by atoms with E-state index in [0.717, 1.165) is 30.7 Å². The first-order valence-corrected chi connectivity index (χ1v) is 5.58. The first-order valence-electron chi connectivity index (χ1n) is 5.58. The van der Waals surface area contributed by atoms with Gasteiger partial charge in [0, 0.05) is 18.2 Å². The molecule has 0 spiro atoms. The van der Waals surface area contributed by atoms with E-state index in [9.17, 15) is 4.39 Å². The zero-order chi connectivity index (χ0) is 11.4. The smallest absolute Gasteiger partial charge is 0.124 e. The standard InChI is InChI=1S/C13H16FNO/c1-2-7-15-12-4-3-8-16-13-6-5-10(14)9-11(12)13/h2,5-6,9,12,15H,1,3-4,7-8H2/t12-/m0/s1.